The Kier molecular flexibility index (Phi) is 17.2. The lowest BCUT2D eigenvalue weighted by Gasteiger charge is -2.33. The van der Waals surface area contributed by atoms with Crippen molar-refractivity contribution in [3.8, 4) is 0 Å². The minimum Gasteiger partial charge on any atom is -0.386 e. The molecular formula is C40H63N7O5. The third-order valence-corrected chi connectivity index (χ3v) is 11.3. The Morgan fingerprint density at radius 2 is 1.65 bits per heavy atom. The van der Waals surface area contributed by atoms with Gasteiger partial charge in [-0.25, -0.2) is 0 Å². The number of carbonyl (C=O) groups is 5. The number of nitrogens with zero attached hydrogens (tertiary/aromatic N) is 4. The van der Waals surface area contributed by atoms with Gasteiger partial charge in [0.15, 0.2) is 5.78 Å². The third-order valence-electron chi connectivity index (χ3n) is 11.3. The number of unbranched alkanes of at least 4 members (excludes halogenated alkanes) is 1. The number of amides is 2. The predicted octanol–water partition coefficient (Wildman–Crippen LogP) is 6.77. The molecular weight excluding hydrogens is 658 g/mol. The number of fused-ring (bicyclic) bond motifs is 1. The van der Waals surface area contributed by atoms with Crippen molar-refractivity contribution in [1.82, 2.24) is 15.2 Å². The summed E-state index contributed by atoms with van der Waals surface area (Å²) in [5.41, 5.74) is 13.6. The second-order valence-electron chi connectivity index (χ2n) is 15.9. The average Bonchev–Trinajstić information content (AvgIpc) is 3.72. The molecule has 1 saturated heterocycles. The first-order valence-electron chi connectivity index (χ1n) is 19.5. The molecule has 3 rings (SSSR count). The van der Waals surface area contributed by atoms with Gasteiger partial charge in [0.1, 0.15) is 23.4 Å². The van der Waals surface area contributed by atoms with E-state index in [1.165, 1.54) is 0 Å². The van der Waals surface area contributed by atoms with Crippen LogP contribution in [0.15, 0.2) is 34.9 Å². The largest absolute Gasteiger partial charge is 0.386 e. The smallest absolute Gasteiger partial charge is 0.246 e. The first-order valence-corrected chi connectivity index (χ1v) is 19.5. The van der Waals surface area contributed by atoms with Gasteiger partial charge in [0.25, 0.3) is 0 Å². The summed E-state index contributed by atoms with van der Waals surface area (Å²) in [5.74, 6) is -1.18. The number of ketones is 3. The maximum absolute atomic E-state index is 14.4. The number of likely N-dealkylation sites (tertiary alicyclic amines) is 1. The van der Waals surface area contributed by atoms with E-state index in [1.54, 1.807) is 17.3 Å². The van der Waals surface area contributed by atoms with Crippen LogP contribution >= 0.6 is 0 Å². The van der Waals surface area contributed by atoms with Crippen LogP contribution in [0, 0.1) is 41.0 Å². The van der Waals surface area contributed by atoms with Crippen LogP contribution in [0.3, 0.4) is 0 Å². The number of nitrogens with one attached hydrogen (secondary N) is 2. The normalized spacial score (nSPS) is 21.0. The highest BCUT2D eigenvalue weighted by molar-refractivity contribution is 5.96. The van der Waals surface area contributed by atoms with E-state index in [9.17, 15) is 24.0 Å². The molecule has 52 heavy (non-hydrogen) atoms. The number of nitrogens with two attached hydrogens (primary N) is 1. The number of Topliss-reactive ketones (excluding diaryl/α,β-unsaturated/α-hetero) is 3. The Labute approximate surface area is 310 Å². The van der Waals surface area contributed by atoms with Crippen LogP contribution in [0.1, 0.15) is 136 Å². The second-order valence-corrected chi connectivity index (χ2v) is 15.9. The number of hydrogen-bond donors (Lipinski definition) is 3. The van der Waals surface area contributed by atoms with E-state index in [0.717, 1.165) is 31.2 Å². The van der Waals surface area contributed by atoms with Crippen molar-refractivity contribution in [1.29, 1.82) is 5.53 Å². The van der Waals surface area contributed by atoms with E-state index in [0.29, 0.717) is 51.5 Å². The molecule has 4 N–H and O–H groups in total. The zero-order valence-electron chi connectivity index (χ0n) is 32.3. The number of amidine groups is 1. The van der Waals surface area contributed by atoms with E-state index in [-0.39, 0.29) is 83.3 Å². The molecule has 2 amide bonds. The van der Waals surface area contributed by atoms with Gasteiger partial charge in [-0.15, -0.1) is 5.10 Å². The maximum atomic E-state index is 14.4. The summed E-state index contributed by atoms with van der Waals surface area (Å²) in [6.45, 7) is 12.2. The quantitative estimate of drug-likeness (QED) is 0.0365. The number of rotatable bonds is 23. The van der Waals surface area contributed by atoms with Gasteiger partial charge in [-0.1, -0.05) is 59.6 Å². The van der Waals surface area contributed by atoms with Gasteiger partial charge in [0, 0.05) is 62.9 Å². The third kappa shape index (κ3) is 12.1. The Morgan fingerprint density at radius 1 is 0.962 bits per heavy atom. The van der Waals surface area contributed by atoms with Crippen LogP contribution in [-0.2, 0) is 24.0 Å². The Hall–Kier alpha value is -3.83. The molecule has 0 radical (unpaired) electrons. The van der Waals surface area contributed by atoms with E-state index in [4.69, 9.17) is 11.3 Å². The fourth-order valence-electron chi connectivity index (χ4n) is 8.13. The van der Waals surface area contributed by atoms with Crippen LogP contribution in [0.2, 0.25) is 0 Å². The molecule has 1 aliphatic carbocycles. The standard InChI is InChI=1S/C40H63N7O5/c1-7-11-29(34(49)17-16-27(6)28-18-20-43-21-19-28)22-35(50)38-32-14-10-12-30(32)24-47(38)40(52)37(26(4)5)44-39(51)33(25(2)3)23-31(48)13-8-9-15-36(41)45-46-42/h18-21,25-27,29-30,32-33,37-38H,7-17,22-24H2,1-6H3,(H,44,51)(H3,41,42,45)/t27-,29?,30-,32-,33+,37-,38-/m0/s1. The molecule has 1 saturated carbocycles. The number of aromatic nitrogens is 1. The van der Waals surface area contributed by atoms with Gasteiger partial charge < -0.3 is 16.0 Å². The van der Waals surface area contributed by atoms with Gasteiger partial charge in [-0.3, -0.25) is 29.0 Å². The molecule has 2 aliphatic rings. The fourth-order valence-corrected chi connectivity index (χ4v) is 8.13. The second kappa shape index (κ2) is 21.0. The first kappa shape index (κ1) is 42.6. The number of hydrogen-bond acceptors (Lipinski definition) is 8. The summed E-state index contributed by atoms with van der Waals surface area (Å²) < 4.78 is 0. The SMILES string of the molecule is CCCC(CC(=O)[C@@H]1[C@H]2CCC[C@H]2CN1C(=O)[C@@H](NC(=O)[C@H](CC(=O)CCCCC(N)=NN=N)C(C)C)C(C)C)C(=O)CC[C@H](C)c1ccncc1. The minimum atomic E-state index is -0.842. The maximum Gasteiger partial charge on any atom is 0.246 e. The van der Waals surface area contributed by atoms with Gasteiger partial charge in [-0.2, -0.15) is 5.53 Å². The average molecular weight is 722 g/mol. The van der Waals surface area contributed by atoms with Crippen molar-refractivity contribution in [2.24, 2.45) is 51.6 Å². The highest BCUT2D eigenvalue weighted by Crippen LogP contribution is 2.44. The van der Waals surface area contributed by atoms with E-state index in [2.05, 4.69) is 27.5 Å². The topological polar surface area (TPSA) is 188 Å². The molecule has 1 aromatic rings. The van der Waals surface area contributed by atoms with E-state index >= 15 is 0 Å². The molecule has 0 aromatic carbocycles. The van der Waals surface area contributed by atoms with Crippen LogP contribution in [0.4, 0.5) is 0 Å². The predicted molar refractivity (Wildman–Crippen MR) is 201 cm³/mol. The Bertz CT molecular complexity index is 1400. The van der Waals surface area contributed by atoms with Crippen molar-refractivity contribution in [2.75, 3.05) is 6.54 Å². The molecule has 2 fully saturated rings. The first-order chi connectivity index (χ1) is 24.8. The molecule has 1 aliphatic heterocycles. The fraction of sp³-hybridized carbons (Fsp3) is 0.725. The summed E-state index contributed by atoms with van der Waals surface area (Å²) in [6.07, 6.45) is 11.0. The molecule has 1 unspecified atom stereocenters. The van der Waals surface area contributed by atoms with Crippen LogP contribution in [-0.4, -0.2) is 63.5 Å². The number of pyridine rings is 1. The van der Waals surface area contributed by atoms with Gasteiger partial charge in [0.2, 0.25) is 11.8 Å². The van der Waals surface area contributed by atoms with Crippen molar-refractivity contribution < 1.29 is 24.0 Å². The van der Waals surface area contributed by atoms with E-state index in [1.807, 2.05) is 46.8 Å². The number of carbonyl (C=O) groups excluding carboxylic acids is 5. The zero-order valence-corrected chi connectivity index (χ0v) is 32.3. The van der Waals surface area contributed by atoms with Gasteiger partial charge in [0.05, 0.1) is 6.04 Å². The van der Waals surface area contributed by atoms with Crippen molar-refractivity contribution in [3.63, 3.8) is 0 Å². The lowest BCUT2D eigenvalue weighted by Crippen LogP contribution is -2.56. The summed E-state index contributed by atoms with van der Waals surface area (Å²) >= 11 is 0. The molecule has 2 heterocycles. The van der Waals surface area contributed by atoms with Crippen LogP contribution in [0.25, 0.3) is 0 Å². The molecule has 12 heteroatoms. The lowest BCUT2D eigenvalue weighted by molar-refractivity contribution is -0.144. The van der Waals surface area contributed by atoms with Gasteiger partial charge >= 0.3 is 0 Å². The molecule has 0 bridgehead atoms. The summed E-state index contributed by atoms with van der Waals surface area (Å²) in [7, 11) is 0. The summed E-state index contributed by atoms with van der Waals surface area (Å²) in [6, 6.07) is 2.50. The van der Waals surface area contributed by atoms with E-state index < -0.39 is 18.0 Å². The molecule has 7 atom stereocenters. The summed E-state index contributed by atoms with van der Waals surface area (Å²) in [5, 5.41) is 9.41. The molecule has 12 nitrogen and oxygen atoms in total. The highest BCUT2D eigenvalue weighted by Gasteiger charge is 2.51. The highest BCUT2D eigenvalue weighted by atomic mass is 16.2. The Morgan fingerprint density at radius 3 is 2.29 bits per heavy atom. The van der Waals surface area contributed by atoms with Crippen molar-refractivity contribution in [2.45, 2.75) is 143 Å². The molecule has 288 valence electrons. The Balaban J connectivity index is 1.69. The monoisotopic (exact) mass is 721 g/mol. The zero-order chi connectivity index (χ0) is 38.4. The van der Waals surface area contributed by atoms with Crippen molar-refractivity contribution in [3.05, 3.63) is 30.1 Å². The van der Waals surface area contributed by atoms with Crippen molar-refractivity contribution >= 4 is 35.0 Å². The lowest BCUT2D eigenvalue weighted by atomic mass is 9.83. The molecule has 1 aromatic heterocycles. The summed E-state index contributed by atoms with van der Waals surface area (Å²) in [4.78, 5) is 74.7. The minimum absolute atomic E-state index is 0.0389. The molecule has 0 spiro atoms. The van der Waals surface area contributed by atoms with Crippen LogP contribution < -0.4 is 11.1 Å². The van der Waals surface area contributed by atoms with Crippen LogP contribution in [0.5, 0.6) is 0 Å². The van der Waals surface area contributed by atoms with Gasteiger partial charge in [-0.05, 0) is 85.8 Å².